The molecule has 0 spiro atoms. The Morgan fingerprint density at radius 3 is 0.750 bits per heavy atom. The molecule has 6 heteroatoms. The van der Waals surface area contributed by atoms with Crippen molar-refractivity contribution in [3.8, 4) is 0 Å². The summed E-state index contributed by atoms with van der Waals surface area (Å²) >= 11 is 2.77. The Labute approximate surface area is 143 Å². The van der Waals surface area contributed by atoms with Gasteiger partial charge >= 0.3 is 145 Å². The molecule has 0 amide bonds. The van der Waals surface area contributed by atoms with E-state index < -0.39 is 44.2 Å². The van der Waals surface area contributed by atoms with E-state index in [2.05, 4.69) is 92.4 Å². The molecule has 0 aromatic rings. The maximum absolute atomic E-state index is 3.91. The van der Waals surface area contributed by atoms with Gasteiger partial charge in [-0.05, 0) is 0 Å². The number of hydrogen-bond acceptors (Lipinski definition) is 0. The molecule has 0 rings (SSSR count). The van der Waals surface area contributed by atoms with Gasteiger partial charge in [0.25, 0.3) is 0 Å². The van der Waals surface area contributed by atoms with Crippen LogP contribution in [0.25, 0.3) is 0 Å². The summed E-state index contributed by atoms with van der Waals surface area (Å²) in [5, 5.41) is 0. The predicted octanol–water partition coefficient (Wildman–Crippen LogP) is 5.77. The van der Waals surface area contributed by atoms with Gasteiger partial charge in [-0.15, -0.1) is 0 Å². The maximum atomic E-state index is 3.91. The molecule has 0 radical (unpaired) electrons. The van der Waals surface area contributed by atoms with Crippen molar-refractivity contribution in [2.45, 2.75) is 86.6 Å². The van der Waals surface area contributed by atoms with E-state index in [-0.39, 0.29) is 0 Å². The van der Waals surface area contributed by atoms with Crippen molar-refractivity contribution in [2.24, 2.45) is 0 Å². The average Bonchev–Trinajstić information content (AvgIpc) is 1.88. The van der Waals surface area contributed by atoms with Gasteiger partial charge in [-0.25, -0.2) is 0 Å². The van der Waals surface area contributed by atoms with Crippen molar-refractivity contribution in [3.63, 3.8) is 0 Å². The van der Waals surface area contributed by atoms with Crippen molar-refractivity contribution >= 4 is 44.2 Å². The topological polar surface area (TPSA) is 0 Å². The van der Waals surface area contributed by atoms with Crippen LogP contribution < -0.4 is 0 Å². The second-order valence-electron chi connectivity index (χ2n) is 10.7. The molecule has 20 heavy (non-hydrogen) atoms. The molecule has 0 saturated carbocycles. The van der Waals surface area contributed by atoms with Crippen molar-refractivity contribution in [3.05, 3.63) is 0 Å². The molecule has 0 atom stereocenters. The van der Waals surface area contributed by atoms with Crippen LogP contribution in [0, 0.1) is 0 Å². The summed E-state index contributed by atoms with van der Waals surface area (Å²) in [5.74, 6) is 0. The van der Waals surface area contributed by atoms with Crippen LogP contribution in [0.4, 0.5) is 0 Å². The number of hydrogen-bond donors (Lipinski definition) is 0. The first-order chi connectivity index (χ1) is 8.40. The third-order valence-corrected chi connectivity index (χ3v) is 62.9. The quantitative estimate of drug-likeness (QED) is 0.457. The van der Waals surface area contributed by atoms with Crippen molar-refractivity contribution in [1.29, 1.82) is 0 Å². The first-order valence-corrected chi connectivity index (χ1v) is 28.8. The van der Waals surface area contributed by atoms with Gasteiger partial charge in [0.15, 0.2) is 0 Å². The molecule has 120 valence electrons. The summed E-state index contributed by atoms with van der Waals surface area (Å²) in [5.41, 5.74) is 0. The van der Waals surface area contributed by atoms with Gasteiger partial charge in [0.1, 0.15) is 0 Å². The third kappa shape index (κ3) is 6.21. The minimum absolute atomic E-state index is 1.06. The molecule has 0 aliphatic carbocycles. The first-order valence-electron chi connectivity index (χ1n) is 7.94. The van der Waals surface area contributed by atoms with Gasteiger partial charge in [-0.1, -0.05) is 0 Å². The van der Waals surface area contributed by atoms with Crippen molar-refractivity contribution in [2.75, 3.05) is 0 Å². The van der Waals surface area contributed by atoms with E-state index in [1.807, 2.05) is 0 Å². The van der Waals surface area contributed by atoms with Gasteiger partial charge in [-0.2, -0.15) is 0 Å². The molecule has 0 aliphatic rings. The van der Waals surface area contributed by atoms with E-state index in [1.165, 1.54) is 7.99 Å². The van der Waals surface area contributed by atoms with Crippen LogP contribution in [-0.4, -0.2) is 44.2 Å². The van der Waals surface area contributed by atoms with E-state index in [9.17, 15) is 0 Å². The normalized spacial score (nSPS) is 15.1. The molecule has 0 saturated heterocycles. The minimum atomic E-state index is -1.14. The molecule has 0 nitrogen and oxygen atoms in total. The van der Waals surface area contributed by atoms with Crippen LogP contribution in [0.3, 0.4) is 0 Å². The van der Waals surface area contributed by atoms with Gasteiger partial charge in [-0.3, -0.25) is 0 Å². The Hall–Kier alpha value is 1.94. The molecule has 0 aromatic heterocycles. The van der Waals surface area contributed by atoms with Crippen LogP contribution in [0.15, 0.2) is 0 Å². The monoisotopic (exact) mass is 444 g/mol. The Balaban J connectivity index is 5.89. The zero-order valence-corrected chi connectivity index (χ0v) is 23.4. The van der Waals surface area contributed by atoms with E-state index in [0.717, 1.165) is 0 Å². The molecular weight excluding hydrogens is 405 g/mol. The second-order valence-corrected chi connectivity index (χ2v) is 45.9. The molecule has 0 heterocycles. The molecule has 0 N–H and O–H groups in total. The zero-order chi connectivity index (χ0) is 16.7. The molecule has 0 fully saturated rings. The van der Waals surface area contributed by atoms with E-state index >= 15 is 0 Å². The van der Waals surface area contributed by atoms with E-state index in [4.69, 9.17) is 0 Å². The molecule has 0 unspecified atom stereocenters. The molecule has 0 aliphatic heterocycles. The summed E-state index contributed by atoms with van der Waals surface area (Å²) < 4.78 is 2.33. The summed E-state index contributed by atoms with van der Waals surface area (Å²) in [6.45, 7) is 31.7. The first kappa shape index (κ1) is 21.9. The van der Waals surface area contributed by atoms with Crippen LogP contribution in [-0.2, 0) is 13.8 Å². The van der Waals surface area contributed by atoms with E-state index in [0.29, 0.717) is 0 Å². The third-order valence-electron chi connectivity index (χ3n) is 4.03. The summed E-state index contributed by atoms with van der Waals surface area (Å²) in [6.07, 6.45) is 0. The molecule has 0 aromatic carbocycles. The Morgan fingerprint density at radius 2 is 0.650 bits per heavy atom. The Morgan fingerprint density at radius 1 is 0.500 bits per heavy atom. The summed E-state index contributed by atoms with van der Waals surface area (Å²) in [7, 11) is -4.23. The van der Waals surface area contributed by atoms with Crippen molar-refractivity contribution in [1.82, 2.24) is 0 Å². The van der Waals surface area contributed by atoms with Gasteiger partial charge in [0.05, 0.1) is 0 Å². The van der Waals surface area contributed by atoms with Gasteiger partial charge in [0, 0.05) is 0 Å². The predicted molar refractivity (Wildman–Crippen MR) is 107 cm³/mol. The SMILES string of the molecule is C[Si](C)(C)[CH]([Ge](=[Cr])[CH]([Si](C)(C)C)[Si](C)(C)C)[Si](C)(C)C. The van der Waals surface area contributed by atoms with Gasteiger partial charge in [0.2, 0.25) is 0 Å². The zero-order valence-electron chi connectivity index (χ0n) is 16.1. The fourth-order valence-corrected chi connectivity index (χ4v) is 92.2. The van der Waals surface area contributed by atoms with Crippen molar-refractivity contribution < 1.29 is 13.8 Å². The summed E-state index contributed by atoms with van der Waals surface area (Å²) in [6, 6.07) is 0. The van der Waals surface area contributed by atoms with Crippen LogP contribution >= 0.6 is 0 Å². The average molecular weight is 443 g/mol. The fourth-order valence-electron chi connectivity index (χ4n) is 4.47. The Kier molecular flexibility index (Phi) is 7.48. The van der Waals surface area contributed by atoms with Crippen LogP contribution in [0.2, 0.25) is 86.6 Å². The number of rotatable bonds is 6. The molecular formula is C14H38CrGeSi4. The fraction of sp³-hybridized carbons (Fsp3) is 1.00. The Bertz CT molecular complexity index is 293. The van der Waals surface area contributed by atoms with Crippen LogP contribution in [0.1, 0.15) is 0 Å². The summed E-state index contributed by atoms with van der Waals surface area (Å²) in [4.78, 5) is 0. The molecule has 0 bridgehead atoms. The van der Waals surface area contributed by atoms with E-state index in [1.54, 1.807) is 0 Å². The van der Waals surface area contributed by atoms with Crippen LogP contribution in [0.5, 0.6) is 0 Å². The van der Waals surface area contributed by atoms with Gasteiger partial charge < -0.3 is 0 Å². The standard InChI is InChI=1S/C14H38GeSi4.Cr/c1-16(2,3)13(17(4,5)6)15-14(18(7,8)9)19(10,11)12;/h13-14H,1-12H3;. The second kappa shape index (κ2) is 6.82.